The molecule has 102 valence electrons. The number of hydrogen-bond acceptors (Lipinski definition) is 5. The second-order valence-electron chi connectivity index (χ2n) is 4.47. The lowest BCUT2D eigenvalue weighted by molar-refractivity contribution is -0.131. The molecule has 1 amide bonds. The van der Waals surface area contributed by atoms with Gasteiger partial charge >= 0.3 is 0 Å². The smallest absolute Gasteiger partial charge is 0.264 e. The first kappa shape index (κ1) is 14.7. The normalized spacial score (nSPS) is 15.1. The Hall–Kier alpha value is -1.41. The highest BCUT2D eigenvalue weighted by atomic mass is 32.2. The van der Waals surface area contributed by atoms with Crippen molar-refractivity contribution in [3.05, 3.63) is 18.0 Å². The standard InChI is InChI=1S/C10H17N3O4S/c1-8-6-11-13(7-8)5-4-10(2,9(14)12-15)18(3,16)17/h6-7,15H,4-5H2,1-3H3,(H,12,14)/t10-/m1/s1. The van der Waals surface area contributed by atoms with E-state index in [2.05, 4.69) is 5.10 Å². The molecule has 7 nitrogen and oxygen atoms in total. The van der Waals surface area contributed by atoms with E-state index in [0.717, 1.165) is 11.8 Å². The molecule has 0 saturated heterocycles. The SMILES string of the molecule is Cc1cnn(CC[C@](C)(C(=O)NO)S(C)(=O)=O)c1. The van der Waals surface area contributed by atoms with Crippen molar-refractivity contribution in [2.75, 3.05) is 6.26 Å². The maximum atomic E-state index is 11.7. The number of hydrogen-bond donors (Lipinski definition) is 2. The monoisotopic (exact) mass is 275 g/mol. The number of aryl methyl sites for hydroxylation is 2. The summed E-state index contributed by atoms with van der Waals surface area (Å²) in [6.45, 7) is 3.41. The second kappa shape index (κ2) is 5.07. The molecule has 1 aromatic heterocycles. The molecule has 0 bridgehead atoms. The highest BCUT2D eigenvalue weighted by molar-refractivity contribution is 7.92. The predicted molar refractivity (Wildman–Crippen MR) is 64.8 cm³/mol. The van der Waals surface area contributed by atoms with Crippen LogP contribution in [0.4, 0.5) is 0 Å². The lowest BCUT2D eigenvalue weighted by Crippen LogP contribution is -2.49. The topological polar surface area (TPSA) is 101 Å². The van der Waals surface area contributed by atoms with Gasteiger partial charge in [-0.15, -0.1) is 0 Å². The molecule has 0 saturated carbocycles. The summed E-state index contributed by atoms with van der Waals surface area (Å²) in [6, 6.07) is 0. The van der Waals surface area contributed by atoms with Crippen LogP contribution in [0.15, 0.2) is 12.4 Å². The van der Waals surface area contributed by atoms with Crippen LogP contribution >= 0.6 is 0 Å². The van der Waals surface area contributed by atoms with Crippen LogP contribution in [-0.2, 0) is 21.2 Å². The highest BCUT2D eigenvalue weighted by Crippen LogP contribution is 2.22. The number of rotatable bonds is 5. The van der Waals surface area contributed by atoms with Gasteiger partial charge in [0.1, 0.15) is 0 Å². The lowest BCUT2D eigenvalue weighted by atomic mass is 10.1. The van der Waals surface area contributed by atoms with E-state index in [9.17, 15) is 13.2 Å². The molecule has 1 heterocycles. The van der Waals surface area contributed by atoms with Crippen molar-refractivity contribution < 1.29 is 18.4 Å². The van der Waals surface area contributed by atoms with Crippen LogP contribution in [0.2, 0.25) is 0 Å². The zero-order valence-electron chi connectivity index (χ0n) is 10.5. The van der Waals surface area contributed by atoms with Crippen LogP contribution < -0.4 is 5.48 Å². The molecule has 0 spiro atoms. The summed E-state index contributed by atoms with van der Waals surface area (Å²) in [5.41, 5.74) is 2.35. The Morgan fingerprint density at radius 1 is 1.61 bits per heavy atom. The fourth-order valence-electron chi connectivity index (χ4n) is 1.50. The van der Waals surface area contributed by atoms with Gasteiger partial charge in [0.05, 0.1) is 6.20 Å². The van der Waals surface area contributed by atoms with Crippen molar-refractivity contribution >= 4 is 15.7 Å². The van der Waals surface area contributed by atoms with Gasteiger partial charge in [-0.2, -0.15) is 5.10 Å². The average molecular weight is 275 g/mol. The van der Waals surface area contributed by atoms with Crippen molar-refractivity contribution in [2.24, 2.45) is 0 Å². The molecule has 0 aliphatic carbocycles. The fraction of sp³-hybridized carbons (Fsp3) is 0.600. The summed E-state index contributed by atoms with van der Waals surface area (Å²) in [4.78, 5) is 11.5. The summed E-state index contributed by atoms with van der Waals surface area (Å²) >= 11 is 0. The summed E-state index contributed by atoms with van der Waals surface area (Å²) in [5.74, 6) is -0.936. The van der Waals surface area contributed by atoms with Gasteiger partial charge in [0, 0.05) is 19.0 Å². The Kier molecular flexibility index (Phi) is 4.12. The van der Waals surface area contributed by atoms with Gasteiger partial charge in [0.2, 0.25) is 0 Å². The lowest BCUT2D eigenvalue weighted by Gasteiger charge is -2.24. The quantitative estimate of drug-likeness (QED) is 0.577. The van der Waals surface area contributed by atoms with Gasteiger partial charge in [-0.25, -0.2) is 13.9 Å². The molecule has 0 aliphatic heterocycles. The number of nitrogens with zero attached hydrogens (tertiary/aromatic N) is 2. The number of amides is 1. The summed E-state index contributed by atoms with van der Waals surface area (Å²) < 4.78 is 23.2. The van der Waals surface area contributed by atoms with E-state index in [-0.39, 0.29) is 13.0 Å². The Balaban J connectivity index is 2.91. The van der Waals surface area contributed by atoms with Crippen molar-refractivity contribution in [1.82, 2.24) is 15.3 Å². The maximum absolute atomic E-state index is 11.7. The average Bonchev–Trinajstić information content (AvgIpc) is 2.69. The van der Waals surface area contributed by atoms with Gasteiger partial charge in [-0.05, 0) is 25.8 Å². The van der Waals surface area contributed by atoms with Crippen molar-refractivity contribution in [2.45, 2.75) is 31.6 Å². The largest absolute Gasteiger partial charge is 0.289 e. The third-order valence-electron chi connectivity index (χ3n) is 2.98. The van der Waals surface area contributed by atoms with Crippen molar-refractivity contribution in [3.8, 4) is 0 Å². The first-order valence-electron chi connectivity index (χ1n) is 5.34. The molecule has 0 aromatic carbocycles. The Morgan fingerprint density at radius 3 is 2.61 bits per heavy atom. The predicted octanol–water partition coefficient (Wildman–Crippen LogP) is -0.110. The zero-order chi connectivity index (χ0) is 14.0. The van der Waals surface area contributed by atoms with Crippen molar-refractivity contribution in [1.29, 1.82) is 0 Å². The number of hydroxylamine groups is 1. The molecule has 0 fully saturated rings. The van der Waals surface area contributed by atoms with Gasteiger partial charge in [0.25, 0.3) is 5.91 Å². The van der Waals surface area contributed by atoms with E-state index >= 15 is 0 Å². The molecular formula is C10H17N3O4S. The molecule has 18 heavy (non-hydrogen) atoms. The number of aromatic nitrogens is 2. The van der Waals surface area contributed by atoms with Crippen LogP contribution in [0, 0.1) is 6.92 Å². The van der Waals surface area contributed by atoms with Gasteiger partial charge < -0.3 is 0 Å². The highest BCUT2D eigenvalue weighted by Gasteiger charge is 2.43. The first-order valence-corrected chi connectivity index (χ1v) is 7.23. The summed E-state index contributed by atoms with van der Waals surface area (Å²) in [5, 5.41) is 12.7. The van der Waals surface area contributed by atoms with Gasteiger partial charge in [-0.3, -0.25) is 14.7 Å². The number of sulfone groups is 1. The maximum Gasteiger partial charge on any atom is 0.264 e. The molecule has 0 unspecified atom stereocenters. The Bertz CT molecular complexity index is 537. The number of nitrogens with one attached hydrogen (secondary N) is 1. The minimum Gasteiger partial charge on any atom is -0.289 e. The second-order valence-corrected chi connectivity index (χ2v) is 6.92. The van der Waals surface area contributed by atoms with E-state index in [1.54, 1.807) is 17.1 Å². The first-order chi connectivity index (χ1) is 8.20. The van der Waals surface area contributed by atoms with Crippen LogP contribution in [0.3, 0.4) is 0 Å². The molecule has 8 heteroatoms. The molecule has 1 rings (SSSR count). The zero-order valence-corrected chi connectivity index (χ0v) is 11.4. The molecule has 0 radical (unpaired) electrons. The molecule has 0 aliphatic rings. The van der Waals surface area contributed by atoms with Gasteiger partial charge in [0.15, 0.2) is 14.6 Å². The third kappa shape index (κ3) is 2.88. The summed E-state index contributed by atoms with van der Waals surface area (Å²) in [6.07, 6.45) is 4.39. The van der Waals surface area contributed by atoms with Crippen LogP contribution in [-0.4, -0.2) is 40.3 Å². The van der Waals surface area contributed by atoms with E-state index in [0.29, 0.717) is 0 Å². The van der Waals surface area contributed by atoms with E-state index < -0.39 is 20.5 Å². The van der Waals surface area contributed by atoms with Crippen LogP contribution in [0.1, 0.15) is 18.9 Å². The van der Waals surface area contributed by atoms with E-state index in [1.165, 1.54) is 12.4 Å². The van der Waals surface area contributed by atoms with Gasteiger partial charge in [-0.1, -0.05) is 0 Å². The fourth-order valence-corrected chi connectivity index (χ4v) is 2.35. The third-order valence-corrected chi connectivity index (χ3v) is 5.01. The summed E-state index contributed by atoms with van der Waals surface area (Å²) in [7, 11) is -3.65. The minimum atomic E-state index is -3.65. The minimum absolute atomic E-state index is 0.0271. The van der Waals surface area contributed by atoms with Crippen LogP contribution in [0.5, 0.6) is 0 Å². The van der Waals surface area contributed by atoms with E-state index in [1.807, 2.05) is 6.92 Å². The Labute approximate surface area is 106 Å². The Morgan fingerprint density at radius 2 is 2.22 bits per heavy atom. The van der Waals surface area contributed by atoms with Crippen LogP contribution in [0.25, 0.3) is 0 Å². The molecular weight excluding hydrogens is 258 g/mol. The number of carbonyl (C=O) groups excluding carboxylic acids is 1. The molecule has 2 N–H and O–H groups in total. The number of carbonyl (C=O) groups is 1. The molecule has 1 aromatic rings. The van der Waals surface area contributed by atoms with E-state index in [4.69, 9.17) is 5.21 Å². The van der Waals surface area contributed by atoms with Crippen molar-refractivity contribution in [3.63, 3.8) is 0 Å². The molecule has 1 atom stereocenters.